The molecule has 0 unspecified atom stereocenters. The van der Waals surface area contributed by atoms with E-state index in [-0.39, 0.29) is 11.9 Å². The van der Waals surface area contributed by atoms with Gasteiger partial charge >= 0.3 is 26.2 Å². The molecule has 4 aromatic carbocycles. The third kappa shape index (κ3) is 7.48. The number of hydrogen-bond acceptors (Lipinski definition) is 10. The van der Waals surface area contributed by atoms with Gasteiger partial charge < -0.3 is 38.7 Å². The first kappa shape index (κ1) is 34.1. The highest BCUT2D eigenvalue weighted by Gasteiger charge is 2.15. The topological polar surface area (TPSA) is 169 Å². The van der Waals surface area contributed by atoms with Crippen molar-refractivity contribution in [3.63, 3.8) is 0 Å². The summed E-state index contributed by atoms with van der Waals surface area (Å²) in [5, 5.41) is 36.9. The molecule has 0 aliphatic rings. The molecule has 0 atom stereocenters. The molecule has 2 heterocycles. The van der Waals surface area contributed by atoms with E-state index in [1.807, 2.05) is 41.2 Å². The van der Waals surface area contributed by atoms with Gasteiger partial charge in [-0.2, -0.15) is 0 Å². The average molecular weight is 648 g/mol. The number of carbonyl (C=O) groups is 2. The van der Waals surface area contributed by atoms with E-state index in [0.717, 1.165) is 44.3 Å². The molecule has 244 valence electrons. The second kappa shape index (κ2) is 14.7. The maximum atomic E-state index is 11.7. The van der Waals surface area contributed by atoms with Crippen molar-refractivity contribution in [1.82, 2.24) is 19.1 Å². The van der Waals surface area contributed by atoms with Gasteiger partial charge in [0.15, 0.2) is 0 Å². The standard InChI is InChI=1S/2C17H17BN2O4/c1-11-7-14(18(22)23)5-3-13(11)9-20-10-19-15-8-12(17(21)24-2)4-6-16(15)20;1-11-7-14(18(22)23)5-3-13(11)9-20-10-19-15-6-4-12(8-16(15)20)17(21)24-2/h2*3-8,10,22-23H,9H2,1-2H3. The number of hydrogen-bond donors (Lipinski definition) is 4. The van der Waals surface area contributed by atoms with Gasteiger partial charge in [0.1, 0.15) is 0 Å². The zero-order valence-electron chi connectivity index (χ0n) is 26.9. The van der Waals surface area contributed by atoms with Crippen LogP contribution in [0.15, 0.2) is 85.5 Å². The number of fused-ring (bicyclic) bond motifs is 2. The quantitative estimate of drug-likeness (QED) is 0.141. The lowest BCUT2D eigenvalue weighted by Crippen LogP contribution is -2.30. The Bertz CT molecular complexity index is 2110. The number of carbonyl (C=O) groups excluding carboxylic acids is 2. The highest BCUT2D eigenvalue weighted by atomic mass is 16.5. The molecule has 0 aliphatic carbocycles. The van der Waals surface area contributed by atoms with Gasteiger partial charge in [-0.05, 0) is 83.4 Å². The number of benzene rings is 4. The molecule has 0 radical (unpaired) electrons. The Morgan fingerprint density at radius 2 is 1.10 bits per heavy atom. The van der Waals surface area contributed by atoms with E-state index in [1.54, 1.807) is 67.3 Å². The van der Waals surface area contributed by atoms with E-state index in [0.29, 0.717) is 35.1 Å². The Morgan fingerprint density at radius 1 is 0.625 bits per heavy atom. The molecule has 0 saturated carbocycles. The first-order valence-corrected chi connectivity index (χ1v) is 15.0. The zero-order chi connectivity index (χ0) is 34.5. The normalized spacial score (nSPS) is 10.8. The average Bonchev–Trinajstić information content (AvgIpc) is 3.68. The number of rotatable bonds is 8. The van der Waals surface area contributed by atoms with Gasteiger partial charge in [0, 0.05) is 13.1 Å². The summed E-state index contributed by atoms with van der Waals surface area (Å²) in [4.78, 5) is 32.0. The Labute approximate surface area is 277 Å². The van der Waals surface area contributed by atoms with Crippen LogP contribution in [0.1, 0.15) is 43.0 Å². The van der Waals surface area contributed by atoms with Crippen molar-refractivity contribution in [3.8, 4) is 0 Å². The molecule has 12 nitrogen and oxygen atoms in total. The predicted molar refractivity (Wildman–Crippen MR) is 182 cm³/mol. The maximum absolute atomic E-state index is 11.7. The summed E-state index contributed by atoms with van der Waals surface area (Å²) < 4.78 is 13.4. The highest BCUT2D eigenvalue weighted by Crippen LogP contribution is 2.20. The van der Waals surface area contributed by atoms with E-state index in [2.05, 4.69) is 9.97 Å². The summed E-state index contributed by atoms with van der Waals surface area (Å²) in [6.45, 7) is 5.01. The molecule has 2 aromatic heterocycles. The summed E-state index contributed by atoms with van der Waals surface area (Å²) in [6.07, 6.45) is 3.44. The minimum absolute atomic E-state index is 0.387. The van der Waals surface area contributed by atoms with Crippen LogP contribution >= 0.6 is 0 Å². The summed E-state index contributed by atoms with van der Waals surface area (Å²) in [5.41, 5.74) is 9.12. The number of aromatic nitrogens is 4. The first-order valence-electron chi connectivity index (χ1n) is 15.0. The molecule has 0 amide bonds. The highest BCUT2D eigenvalue weighted by molar-refractivity contribution is 6.59. The van der Waals surface area contributed by atoms with E-state index >= 15 is 0 Å². The van der Waals surface area contributed by atoms with E-state index in [1.165, 1.54) is 14.2 Å². The van der Waals surface area contributed by atoms with Crippen molar-refractivity contribution in [2.24, 2.45) is 0 Å². The molecule has 6 rings (SSSR count). The van der Waals surface area contributed by atoms with Crippen LogP contribution in [0.5, 0.6) is 0 Å². The number of imidazole rings is 2. The smallest absolute Gasteiger partial charge is 0.465 e. The van der Waals surface area contributed by atoms with E-state index < -0.39 is 14.2 Å². The lowest BCUT2D eigenvalue weighted by molar-refractivity contribution is 0.0592. The molecular formula is C34H34B2N4O8. The van der Waals surface area contributed by atoms with Gasteiger partial charge in [-0.1, -0.05) is 36.4 Å². The summed E-state index contributed by atoms with van der Waals surface area (Å²) in [6, 6.07) is 21.1. The molecule has 0 spiro atoms. The first-order chi connectivity index (χ1) is 23.0. The van der Waals surface area contributed by atoms with Crippen molar-refractivity contribution in [2.75, 3.05) is 14.2 Å². The third-order valence-corrected chi connectivity index (χ3v) is 8.10. The largest absolute Gasteiger partial charge is 0.488 e. The number of methoxy groups -OCH3 is 2. The fraction of sp³-hybridized carbons (Fsp3) is 0.176. The minimum atomic E-state index is -1.48. The van der Waals surface area contributed by atoms with Gasteiger partial charge in [-0.25, -0.2) is 19.6 Å². The zero-order valence-corrected chi connectivity index (χ0v) is 26.9. The van der Waals surface area contributed by atoms with E-state index in [4.69, 9.17) is 9.47 Å². The van der Waals surface area contributed by atoms with Gasteiger partial charge in [0.2, 0.25) is 0 Å². The number of aryl methyl sites for hydroxylation is 2. The lowest BCUT2D eigenvalue weighted by Gasteiger charge is -2.10. The van der Waals surface area contributed by atoms with Crippen LogP contribution in [-0.4, -0.2) is 79.6 Å². The van der Waals surface area contributed by atoms with Crippen molar-refractivity contribution < 1.29 is 39.2 Å². The second-order valence-electron chi connectivity index (χ2n) is 11.3. The van der Waals surface area contributed by atoms with Crippen LogP contribution in [0.25, 0.3) is 22.1 Å². The van der Waals surface area contributed by atoms with Crippen molar-refractivity contribution >= 4 is 59.2 Å². The monoisotopic (exact) mass is 648 g/mol. The number of ether oxygens (including phenoxy) is 2. The van der Waals surface area contributed by atoms with Gasteiger partial charge in [-0.15, -0.1) is 0 Å². The van der Waals surface area contributed by atoms with E-state index in [9.17, 15) is 29.7 Å². The Kier molecular flexibility index (Phi) is 10.4. The minimum Gasteiger partial charge on any atom is -0.465 e. The van der Waals surface area contributed by atoms with Gasteiger partial charge in [0.25, 0.3) is 0 Å². The van der Waals surface area contributed by atoms with Crippen molar-refractivity contribution in [1.29, 1.82) is 0 Å². The van der Waals surface area contributed by atoms with Crippen LogP contribution in [0.4, 0.5) is 0 Å². The molecule has 6 aromatic rings. The van der Waals surface area contributed by atoms with Crippen molar-refractivity contribution in [2.45, 2.75) is 26.9 Å². The van der Waals surface area contributed by atoms with Gasteiger partial charge in [0.05, 0.1) is 60.1 Å². The fourth-order valence-corrected chi connectivity index (χ4v) is 5.34. The fourth-order valence-electron chi connectivity index (χ4n) is 5.34. The van der Waals surface area contributed by atoms with Gasteiger partial charge in [-0.3, -0.25) is 0 Å². The van der Waals surface area contributed by atoms with Crippen LogP contribution in [-0.2, 0) is 22.6 Å². The van der Waals surface area contributed by atoms with Crippen LogP contribution in [0.3, 0.4) is 0 Å². The molecule has 48 heavy (non-hydrogen) atoms. The summed E-state index contributed by atoms with van der Waals surface area (Å²) >= 11 is 0. The molecule has 0 aliphatic heterocycles. The van der Waals surface area contributed by atoms with Crippen LogP contribution in [0, 0.1) is 13.8 Å². The molecule has 4 N–H and O–H groups in total. The maximum Gasteiger partial charge on any atom is 0.488 e. The Hall–Kier alpha value is -5.27. The third-order valence-electron chi connectivity index (χ3n) is 8.10. The molecule has 0 fully saturated rings. The lowest BCUT2D eigenvalue weighted by atomic mass is 9.79. The molecule has 0 bridgehead atoms. The number of esters is 2. The molecule has 14 heteroatoms. The Morgan fingerprint density at radius 3 is 1.60 bits per heavy atom. The second-order valence-corrected chi connectivity index (χ2v) is 11.3. The molecule has 0 saturated heterocycles. The van der Waals surface area contributed by atoms with Crippen LogP contribution < -0.4 is 10.9 Å². The van der Waals surface area contributed by atoms with Crippen molar-refractivity contribution in [3.05, 3.63) is 119 Å². The SMILES string of the molecule is COC(=O)c1ccc2c(c1)ncn2Cc1ccc(B(O)O)cc1C.COC(=O)c1ccc2ncn(Cc3ccc(B(O)O)cc3C)c2c1. The number of nitrogens with zero attached hydrogens (tertiary/aromatic N) is 4. The van der Waals surface area contributed by atoms with Crippen LogP contribution in [0.2, 0.25) is 0 Å². The Balaban J connectivity index is 0.000000188. The molecular weight excluding hydrogens is 614 g/mol. The predicted octanol–water partition coefficient (Wildman–Crippen LogP) is 1.72. The summed E-state index contributed by atoms with van der Waals surface area (Å²) in [5.74, 6) is -0.775. The summed E-state index contributed by atoms with van der Waals surface area (Å²) in [7, 11) is -0.247.